The number of thiazole rings is 1. The molecule has 1 aliphatic rings. The summed E-state index contributed by atoms with van der Waals surface area (Å²) in [5.41, 5.74) is 1.30. The van der Waals surface area contributed by atoms with E-state index in [1.54, 1.807) is 7.11 Å². The van der Waals surface area contributed by atoms with Crippen LogP contribution in [0.4, 0.5) is 5.13 Å². The largest absolute Gasteiger partial charge is 0.384 e. The molecule has 0 bridgehead atoms. The van der Waals surface area contributed by atoms with Gasteiger partial charge in [0.05, 0.1) is 12.3 Å². The Morgan fingerprint density at radius 2 is 2.30 bits per heavy atom. The second kappa shape index (κ2) is 7.96. The second-order valence-electron chi connectivity index (χ2n) is 5.45. The first-order valence-corrected chi connectivity index (χ1v) is 8.53. The van der Waals surface area contributed by atoms with E-state index in [0.717, 1.165) is 45.6 Å². The van der Waals surface area contributed by atoms with E-state index in [0.29, 0.717) is 5.92 Å². The van der Waals surface area contributed by atoms with Crippen LogP contribution < -0.4 is 10.2 Å². The summed E-state index contributed by atoms with van der Waals surface area (Å²) < 4.78 is 5.28. The predicted molar refractivity (Wildman–Crippen MR) is 85.7 cm³/mol. The number of nitrogens with one attached hydrogen (secondary N) is 1. The third kappa shape index (κ3) is 3.93. The van der Waals surface area contributed by atoms with Crippen LogP contribution in [0.5, 0.6) is 0 Å². The molecule has 1 saturated heterocycles. The average Bonchev–Trinajstić information content (AvgIpc) is 3.04. The van der Waals surface area contributed by atoms with Crippen molar-refractivity contribution in [1.29, 1.82) is 0 Å². The van der Waals surface area contributed by atoms with Crippen LogP contribution in [0.1, 0.15) is 37.3 Å². The number of anilines is 1. The van der Waals surface area contributed by atoms with E-state index in [1.165, 1.54) is 22.1 Å². The van der Waals surface area contributed by atoms with Gasteiger partial charge < -0.3 is 15.0 Å². The zero-order chi connectivity index (χ0) is 14.4. The summed E-state index contributed by atoms with van der Waals surface area (Å²) in [7, 11) is 1.79. The molecule has 1 aliphatic heterocycles. The molecule has 114 valence electrons. The van der Waals surface area contributed by atoms with Crippen molar-refractivity contribution in [3.05, 3.63) is 10.6 Å². The van der Waals surface area contributed by atoms with E-state index in [9.17, 15) is 0 Å². The lowest BCUT2D eigenvalue weighted by atomic mass is 10.1. The molecule has 4 nitrogen and oxygen atoms in total. The molecule has 1 aromatic heterocycles. The van der Waals surface area contributed by atoms with E-state index in [2.05, 4.69) is 24.1 Å². The van der Waals surface area contributed by atoms with Crippen molar-refractivity contribution in [3.63, 3.8) is 0 Å². The minimum absolute atomic E-state index is 0.663. The van der Waals surface area contributed by atoms with Crippen molar-refractivity contribution in [3.8, 4) is 0 Å². The molecule has 1 atom stereocenters. The van der Waals surface area contributed by atoms with Gasteiger partial charge in [-0.25, -0.2) is 4.98 Å². The highest BCUT2D eigenvalue weighted by Crippen LogP contribution is 2.31. The molecular weight excluding hydrogens is 270 g/mol. The second-order valence-corrected chi connectivity index (χ2v) is 6.51. The number of aryl methyl sites for hydroxylation is 1. The summed E-state index contributed by atoms with van der Waals surface area (Å²) in [6.45, 7) is 9.42. The fraction of sp³-hybridized carbons (Fsp3) is 0.800. The summed E-state index contributed by atoms with van der Waals surface area (Å²) in [6.07, 6.45) is 3.47. The van der Waals surface area contributed by atoms with Gasteiger partial charge >= 0.3 is 0 Å². The first-order chi connectivity index (χ1) is 9.78. The molecule has 20 heavy (non-hydrogen) atoms. The van der Waals surface area contributed by atoms with Gasteiger partial charge in [0.1, 0.15) is 0 Å². The molecule has 0 amide bonds. The van der Waals surface area contributed by atoms with Crippen molar-refractivity contribution in [2.24, 2.45) is 5.92 Å². The molecule has 1 unspecified atom stereocenters. The van der Waals surface area contributed by atoms with Crippen LogP contribution in [0.2, 0.25) is 0 Å². The number of ether oxygens (including phenoxy) is 1. The summed E-state index contributed by atoms with van der Waals surface area (Å²) in [5.74, 6) is 0.663. The van der Waals surface area contributed by atoms with Gasteiger partial charge in [-0.05, 0) is 19.4 Å². The lowest BCUT2D eigenvalue weighted by Gasteiger charge is -2.14. The molecule has 0 aliphatic carbocycles. The van der Waals surface area contributed by atoms with Gasteiger partial charge in [-0.1, -0.05) is 20.3 Å². The topological polar surface area (TPSA) is 37.4 Å². The molecule has 0 spiro atoms. The van der Waals surface area contributed by atoms with Crippen LogP contribution in [0.25, 0.3) is 0 Å². The maximum absolute atomic E-state index is 5.28. The maximum atomic E-state index is 5.28. The summed E-state index contributed by atoms with van der Waals surface area (Å²) in [6, 6.07) is 0. The fourth-order valence-electron chi connectivity index (χ4n) is 2.69. The van der Waals surface area contributed by atoms with E-state index in [1.807, 2.05) is 11.3 Å². The van der Waals surface area contributed by atoms with E-state index < -0.39 is 0 Å². The van der Waals surface area contributed by atoms with Gasteiger partial charge in [0, 0.05) is 37.5 Å². The van der Waals surface area contributed by atoms with Crippen molar-refractivity contribution in [2.75, 3.05) is 38.3 Å². The van der Waals surface area contributed by atoms with Crippen LogP contribution >= 0.6 is 11.3 Å². The highest BCUT2D eigenvalue weighted by Gasteiger charge is 2.25. The third-order valence-corrected chi connectivity index (χ3v) is 4.91. The minimum Gasteiger partial charge on any atom is -0.384 e. The van der Waals surface area contributed by atoms with Gasteiger partial charge in [-0.2, -0.15) is 0 Å². The van der Waals surface area contributed by atoms with Crippen molar-refractivity contribution in [2.45, 2.75) is 39.7 Å². The average molecular weight is 297 g/mol. The van der Waals surface area contributed by atoms with E-state index in [-0.39, 0.29) is 0 Å². The molecule has 5 heteroatoms. The number of hydrogen-bond donors (Lipinski definition) is 1. The van der Waals surface area contributed by atoms with E-state index in [4.69, 9.17) is 9.72 Å². The molecule has 0 radical (unpaired) electrons. The molecule has 1 aromatic rings. The Labute approximate surface area is 126 Å². The lowest BCUT2D eigenvalue weighted by Crippen LogP contribution is -2.20. The molecule has 0 aromatic carbocycles. The number of nitrogens with zero attached hydrogens (tertiary/aromatic N) is 2. The first kappa shape index (κ1) is 15.7. The maximum Gasteiger partial charge on any atom is 0.185 e. The molecule has 1 fully saturated rings. The first-order valence-electron chi connectivity index (χ1n) is 7.71. The standard InChI is InChI=1S/C15H27N3OS/c1-4-6-13-14(9-16-5-2)20-15(17-13)18-8-7-12(10-18)11-19-3/h12,16H,4-11H2,1-3H3. The Bertz CT molecular complexity index is 408. The van der Waals surface area contributed by atoms with Crippen molar-refractivity contribution >= 4 is 16.5 Å². The molecular formula is C15H27N3OS. The van der Waals surface area contributed by atoms with Gasteiger partial charge in [-0.3, -0.25) is 0 Å². The summed E-state index contributed by atoms with van der Waals surface area (Å²) in [5, 5.41) is 4.64. The Balaban J connectivity index is 2.04. The Kier molecular flexibility index (Phi) is 6.26. The number of aromatic nitrogens is 1. The van der Waals surface area contributed by atoms with Gasteiger partial charge in [-0.15, -0.1) is 11.3 Å². The van der Waals surface area contributed by atoms with Crippen LogP contribution in [-0.4, -0.2) is 38.3 Å². The third-order valence-electron chi connectivity index (χ3n) is 3.75. The smallest absolute Gasteiger partial charge is 0.185 e. The van der Waals surface area contributed by atoms with Crippen LogP contribution in [0.15, 0.2) is 0 Å². The lowest BCUT2D eigenvalue weighted by molar-refractivity contribution is 0.161. The molecule has 2 rings (SSSR count). The zero-order valence-electron chi connectivity index (χ0n) is 12.9. The Hall–Kier alpha value is -0.650. The van der Waals surface area contributed by atoms with Crippen LogP contribution in [-0.2, 0) is 17.7 Å². The summed E-state index contributed by atoms with van der Waals surface area (Å²) in [4.78, 5) is 8.74. The molecule has 2 heterocycles. The minimum atomic E-state index is 0.663. The van der Waals surface area contributed by atoms with Crippen LogP contribution in [0.3, 0.4) is 0 Å². The Morgan fingerprint density at radius 3 is 3.00 bits per heavy atom. The normalized spacial score (nSPS) is 18.9. The SMILES string of the molecule is CCCc1nc(N2CCC(COC)C2)sc1CNCC. The number of methoxy groups -OCH3 is 1. The summed E-state index contributed by atoms with van der Waals surface area (Å²) >= 11 is 1.87. The monoisotopic (exact) mass is 297 g/mol. The molecule has 0 saturated carbocycles. The highest BCUT2D eigenvalue weighted by atomic mass is 32.1. The van der Waals surface area contributed by atoms with Gasteiger partial charge in [0.2, 0.25) is 0 Å². The van der Waals surface area contributed by atoms with Crippen molar-refractivity contribution < 1.29 is 4.74 Å². The predicted octanol–water partition coefficient (Wildman–Crippen LogP) is 2.68. The van der Waals surface area contributed by atoms with E-state index >= 15 is 0 Å². The van der Waals surface area contributed by atoms with Gasteiger partial charge in [0.25, 0.3) is 0 Å². The van der Waals surface area contributed by atoms with Gasteiger partial charge in [0.15, 0.2) is 5.13 Å². The molecule has 1 N–H and O–H groups in total. The zero-order valence-corrected chi connectivity index (χ0v) is 13.8. The van der Waals surface area contributed by atoms with Crippen molar-refractivity contribution in [1.82, 2.24) is 10.3 Å². The number of hydrogen-bond acceptors (Lipinski definition) is 5. The number of rotatable bonds is 8. The fourth-order valence-corrected chi connectivity index (χ4v) is 3.80. The quantitative estimate of drug-likeness (QED) is 0.800. The van der Waals surface area contributed by atoms with Crippen LogP contribution in [0, 0.1) is 5.92 Å². The Morgan fingerprint density at radius 1 is 1.45 bits per heavy atom. The highest BCUT2D eigenvalue weighted by molar-refractivity contribution is 7.15.